The zero-order valence-electron chi connectivity index (χ0n) is 14.9. The van der Waals surface area contributed by atoms with E-state index in [-0.39, 0.29) is 17.9 Å². The van der Waals surface area contributed by atoms with Crippen molar-refractivity contribution in [2.24, 2.45) is 0 Å². The lowest BCUT2D eigenvalue weighted by Gasteiger charge is -2.32. The van der Waals surface area contributed by atoms with Crippen LogP contribution in [0.25, 0.3) is 0 Å². The van der Waals surface area contributed by atoms with Crippen molar-refractivity contribution in [3.63, 3.8) is 0 Å². The lowest BCUT2D eigenvalue weighted by atomic mass is 10.0. The number of ether oxygens (including phenoxy) is 1. The lowest BCUT2D eigenvalue weighted by molar-refractivity contribution is -0.132. The summed E-state index contributed by atoms with van der Waals surface area (Å²) in [5.41, 5.74) is 2.25. The maximum Gasteiger partial charge on any atom is 0.222 e. The highest BCUT2D eigenvalue weighted by Crippen LogP contribution is 2.22. The Balaban J connectivity index is 1.68. The van der Waals surface area contributed by atoms with E-state index in [0.717, 1.165) is 49.2 Å². The second-order valence-electron chi connectivity index (χ2n) is 6.53. The molecular weight excluding hydrogens is 304 g/mol. The Morgan fingerprint density at radius 3 is 2.42 bits per heavy atom. The van der Waals surface area contributed by atoms with E-state index in [1.165, 1.54) is 6.92 Å². The molecule has 1 aliphatic heterocycles. The van der Waals surface area contributed by atoms with Gasteiger partial charge in [0.1, 0.15) is 5.75 Å². The molecule has 0 spiro atoms. The SMILES string of the molecule is CC(=O)NC1CCN(C(=O)CCCOc2c(C)cccc2C)CC1. The first-order chi connectivity index (χ1) is 11.5. The Bertz CT molecular complexity index is 558. The first-order valence-electron chi connectivity index (χ1n) is 8.71. The van der Waals surface area contributed by atoms with E-state index in [1.807, 2.05) is 36.9 Å². The standard InChI is InChI=1S/C19H28N2O3/c1-14-6-4-7-15(2)19(14)24-13-5-8-18(23)21-11-9-17(10-12-21)20-16(3)22/h4,6-7,17H,5,8-13H2,1-3H3,(H,20,22). The zero-order chi connectivity index (χ0) is 17.5. The molecule has 0 radical (unpaired) electrons. The molecule has 0 aliphatic carbocycles. The van der Waals surface area contributed by atoms with Crippen molar-refractivity contribution in [3.8, 4) is 5.75 Å². The van der Waals surface area contributed by atoms with Crippen molar-refractivity contribution in [1.82, 2.24) is 10.2 Å². The number of rotatable bonds is 6. The van der Waals surface area contributed by atoms with E-state index in [4.69, 9.17) is 4.74 Å². The number of piperidine rings is 1. The fraction of sp³-hybridized carbons (Fsp3) is 0.579. The summed E-state index contributed by atoms with van der Waals surface area (Å²) in [6.45, 7) is 7.61. The van der Waals surface area contributed by atoms with Gasteiger partial charge in [0.25, 0.3) is 0 Å². The Hall–Kier alpha value is -2.04. The minimum atomic E-state index is 0.00317. The molecule has 2 rings (SSSR count). The third-order valence-electron chi connectivity index (χ3n) is 4.45. The summed E-state index contributed by atoms with van der Waals surface area (Å²) >= 11 is 0. The third-order valence-corrected chi connectivity index (χ3v) is 4.45. The molecule has 5 nitrogen and oxygen atoms in total. The van der Waals surface area contributed by atoms with E-state index in [0.29, 0.717) is 13.0 Å². The van der Waals surface area contributed by atoms with Crippen LogP contribution in [-0.2, 0) is 9.59 Å². The summed E-state index contributed by atoms with van der Waals surface area (Å²) in [5.74, 6) is 1.12. The molecule has 1 fully saturated rings. The molecule has 5 heteroatoms. The average molecular weight is 332 g/mol. The topological polar surface area (TPSA) is 58.6 Å². The highest BCUT2D eigenvalue weighted by Gasteiger charge is 2.22. The summed E-state index contributed by atoms with van der Waals surface area (Å²) < 4.78 is 5.85. The van der Waals surface area contributed by atoms with Crippen LogP contribution in [0.5, 0.6) is 5.75 Å². The van der Waals surface area contributed by atoms with Crippen LogP contribution in [-0.4, -0.2) is 42.5 Å². The number of nitrogens with zero attached hydrogens (tertiary/aromatic N) is 1. The average Bonchev–Trinajstić information content (AvgIpc) is 2.53. The number of para-hydroxylation sites is 1. The lowest BCUT2D eigenvalue weighted by Crippen LogP contribution is -2.46. The van der Waals surface area contributed by atoms with Gasteiger partial charge < -0.3 is 15.0 Å². The van der Waals surface area contributed by atoms with Crippen LogP contribution in [0.1, 0.15) is 43.7 Å². The van der Waals surface area contributed by atoms with Gasteiger partial charge >= 0.3 is 0 Å². The van der Waals surface area contributed by atoms with Gasteiger partial charge in [-0.3, -0.25) is 9.59 Å². The van der Waals surface area contributed by atoms with Crippen LogP contribution >= 0.6 is 0 Å². The van der Waals surface area contributed by atoms with Gasteiger partial charge in [-0.15, -0.1) is 0 Å². The van der Waals surface area contributed by atoms with Crippen LogP contribution in [0, 0.1) is 13.8 Å². The molecule has 1 heterocycles. The van der Waals surface area contributed by atoms with E-state index in [2.05, 4.69) is 5.32 Å². The maximum atomic E-state index is 12.3. The Morgan fingerprint density at radius 1 is 1.21 bits per heavy atom. The van der Waals surface area contributed by atoms with Gasteiger partial charge in [-0.1, -0.05) is 18.2 Å². The van der Waals surface area contributed by atoms with Crippen molar-refractivity contribution < 1.29 is 14.3 Å². The molecule has 1 N–H and O–H groups in total. The summed E-state index contributed by atoms with van der Waals surface area (Å²) in [6.07, 6.45) is 2.91. The summed E-state index contributed by atoms with van der Waals surface area (Å²) in [5, 5.41) is 2.93. The molecule has 1 aromatic rings. The highest BCUT2D eigenvalue weighted by atomic mass is 16.5. The van der Waals surface area contributed by atoms with Gasteiger partial charge in [0, 0.05) is 32.5 Å². The molecule has 1 saturated heterocycles. The van der Waals surface area contributed by atoms with Gasteiger partial charge in [-0.25, -0.2) is 0 Å². The minimum Gasteiger partial charge on any atom is -0.493 e. The van der Waals surface area contributed by atoms with Gasteiger partial charge in [-0.05, 0) is 44.2 Å². The Kier molecular flexibility index (Phi) is 6.64. The van der Waals surface area contributed by atoms with Crippen molar-refractivity contribution in [2.75, 3.05) is 19.7 Å². The number of aryl methyl sites for hydroxylation is 2. The van der Waals surface area contributed by atoms with Gasteiger partial charge in [0.2, 0.25) is 11.8 Å². The molecule has 24 heavy (non-hydrogen) atoms. The predicted octanol–water partition coefficient (Wildman–Crippen LogP) is 2.59. The summed E-state index contributed by atoms with van der Waals surface area (Å²) in [4.78, 5) is 25.2. The number of carbonyl (C=O) groups excluding carboxylic acids is 2. The number of likely N-dealkylation sites (tertiary alicyclic amines) is 1. The Labute approximate surface area is 144 Å². The quantitative estimate of drug-likeness (QED) is 0.815. The molecule has 0 saturated carbocycles. The molecule has 0 aromatic heterocycles. The van der Waals surface area contributed by atoms with E-state index >= 15 is 0 Å². The third kappa shape index (κ3) is 5.25. The zero-order valence-corrected chi connectivity index (χ0v) is 14.9. The first kappa shape index (κ1) is 18.3. The summed E-state index contributed by atoms with van der Waals surface area (Å²) in [7, 11) is 0. The van der Waals surface area contributed by atoms with Crippen LogP contribution in [0.3, 0.4) is 0 Å². The molecule has 132 valence electrons. The minimum absolute atomic E-state index is 0.00317. The Morgan fingerprint density at radius 2 is 1.83 bits per heavy atom. The van der Waals surface area contributed by atoms with Crippen molar-refractivity contribution in [1.29, 1.82) is 0 Å². The molecule has 0 bridgehead atoms. The maximum absolute atomic E-state index is 12.3. The van der Waals surface area contributed by atoms with E-state index in [9.17, 15) is 9.59 Å². The van der Waals surface area contributed by atoms with Gasteiger partial charge in [0.05, 0.1) is 6.61 Å². The van der Waals surface area contributed by atoms with E-state index in [1.54, 1.807) is 0 Å². The highest BCUT2D eigenvalue weighted by molar-refractivity contribution is 5.76. The molecule has 0 unspecified atom stereocenters. The molecule has 2 amide bonds. The predicted molar refractivity (Wildman–Crippen MR) is 94.1 cm³/mol. The smallest absolute Gasteiger partial charge is 0.222 e. The number of hydrogen-bond donors (Lipinski definition) is 1. The molecular formula is C19H28N2O3. The van der Waals surface area contributed by atoms with Crippen molar-refractivity contribution in [3.05, 3.63) is 29.3 Å². The van der Waals surface area contributed by atoms with Crippen LogP contribution in [0.2, 0.25) is 0 Å². The number of amides is 2. The molecule has 1 aromatic carbocycles. The molecule has 0 atom stereocenters. The second kappa shape index (κ2) is 8.71. The molecule has 1 aliphatic rings. The van der Waals surface area contributed by atoms with Gasteiger partial charge in [0.15, 0.2) is 0 Å². The van der Waals surface area contributed by atoms with Gasteiger partial charge in [-0.2, -0.15) is 0 Å². The number of carbonyl (C=O) groups is 2. The first-order valence-corrected chi connectivity index (χ1v) is 8.71. The number of hydrogen-bond acceptors (Lipinski definition) is 3. The van der Waals surface area contributed by atoms with Crippen LogP contribution in [0.15, 0.2) is 18.2 Å². The van der Waals surface area contributed by atoms with Crippen LogP contribution < -0.4 is 10.1 Å². The summed E-state index contributed by atoms with van der Waals surface area (Å²) in [6, 6.07) is 6.30. The second-order valence-corrected chi connectivity index (χ2v) is 6.53. The monoisotopic (exact) mass is 332 g/mol. The largest absolute Gasteiger partial charge is 0.493 e. The fourth-order valence-corrected chi connectivity index (χ4v) is 3.14. The van der Waals surface area contributed by atoms with Crippen LogP contribution in [0.4, 0.5) is 0 Å². The fourth-order valence-electron chi connectivity index (χ4n) is 3.14. The number of benzene rings is 1. The van der Waals surface area contributed by atoms with E-state index < -0.39 is 0 Å². The van der Waals surface area contributed by atoms with Crippen molar-refractivity contribution in [2.45, 2.75) is 52.5 Å². The number of nitrogens with one attached hydrogen (secondary N) is 1. The normalized spacial score (nSPS) is 15.2. The van der Waals surface area contributed by atoms with Crippen molar-refractivity contribution >= 4 is 11.8 Å².